The Balaban J connectivity index is 1.85. The van der Waals surface area contributed by atoms with E-state index in [0.29, 0.717) is 6.04 Å². The molecule has 3 nitrogen and oxygen atoms in total. The standard InChI is InChI=1S/C15H24N2OS/c1-10-14(11(2)18)19-15(16-10)17-9-5-7-12-6-3-4-8-13(12)17/h11-13,18H,3-9H2,1-2H3/t11?,12-,13-/m1/s1. The number of aliphatic hydroxyl groups is 1. The minimum atomic E-state index is -0.391. The highest BCUT2D eigenvalue weighted by Gasteiger charge is 2.34. The van der Waals surface area contributed by atoms with Gasteiger partial charge in [-0.05, 0) is 45.4 Å². The van der Waals surface area contributed by atoms with Gasteiger partial charge in [-0.25, -0.2) is 4.98 Å². The molecule has 1 unspecified atom stereocenters. The monoisotopic (exact) mass is 280 g/mol. The highest BCUT2D eigenvalue weighted by atomic mass is 32.1. The van der Waals surface area contributed by atoms with Gasteiger partial charge in [0.1, 0.15) is 0 Å². The Morgan fingerprint density at radius 2 is 2.00 bits per heavy atom. The number of nitrogens with zero attached hydrogens (tertiary/aromatic N) is 2. The lowest BCUT2D eigenvalue weighted by molar-refractivity contribution is 0.202. The molecule has 1 aliphatic carbocycles. The molecule has 2 heterocycles. The smallest absolute Gasteiger partial charge is 0.186 e. The summed E-state index contributed by atoms with van der Waals surface area (Å²) in [5.74, 6) is 0.877. The number of anilines is 1. The molecule has 1 saturated carbocycles. The fraction of sp³-hybridized carbons (Fsp3) is 0.800. The van der Waals surface area contributed by atoms with Crippen LogP contribution in [0.3, 0.4) is 0 Å². The molecule has 0 aromatic carbocycles. The van der Waals surface area contributed by atoms with Gasteiger partial charge in [0, 0.05) is 12.6 Å². The molecule has 0 radical (unpaired) electrons. The average molecular weight is 280 g/mol. The van der Waals surface area contributed by atoms with E-state index in [-0.39, 0.29) is 0 Å². The number of fused-ring (bicyclic) bond motifs is 1. The van der Waals surface area contributed by atoms with Crippen LogP contribution in [0.5, 0.6) is 0 Å². The van der Waals surface area contributed by atoms with E-state index in [1.54, 1.807) is 11.3 Å². The molecule has 1 N–H and O–H groups in total. The van der Waals surface area contributed by atoms with Crippen molar-refractivity contribution in [3.05, 3.63) is 10.6 Å². The molecule has 1 aromatic rings. The normalized spacial score (nSPS) is 29.1. The van der Waals surface area contributed by atoms with Crippen molar-refractivity contribution in [2.75, 3.05) is 11.4 Å². The van der Waals surface area contributed by atoms with Crippen LogP contribution in [-0.4, -0.2) is 22.7 Å². The van der Waals surface area contributed by atoms with E-state index in [0.717, 1.165) is 28.2 Å². The van der Waals surface area contributed by atoms with Crippen molar-refractivity contribution in [1.29, 1.82) is 0 Å². The van der Waals surface area contributed by atoms with Gasteiger partial charge in [0.25, 0.3) is 0 Å². The number of aryl methyl sites for hydroxylation is 1. The third-order valence-electron chi connectivity index (χ3n) is 4.69. The first kappa shape index (κ1) is 13.4. The zero-order valence-electron chi connectivity index (χ0n) is 11.9. The van der Waals surface area contributed by atoms with Crippen molar-refractivity contribution in [2.45, 2.75) is 64.5 Å². The molecule has 106 valence electrons. The molecular formula is C15H24N2OS. The molecule has 1 saturated heterocycles. The van der Waals surface area contributed by atoms with Crippen LogP contribution in [0.2, 0.25) is 0 Å². The molecule has 4 heteroatoms. The maximum absolute atomic E-state index is 9.80. The van der Waals surface area contributed by atoms with Crippen molar-refractivity contribution in [3.8, 4) is 0 Å². The van der Waals surface area contributed by atoms with Gasteiger partial charge in [-0.15, -0.1) is 0 Å². The van der Waals surface area contributed by atoms with Crippen LogP contribution in [0, 0.1) is 12.8 Å². The average Bonchev–Trinajstić information content (AvgIpc) is 2.80. The Morgan fingerprint density at radius 3 is 2.74 bits per heavy atom. The molecule has 0 spiro atoms. The number of aliphatic hydroxyl groups excluding tert-OH is 1. The summed E-state index contributed by atoms with van der Waals surface area (Å²) in [6, 6.07) is 0.704. The fourth-order valence-electron chi connectivity index (χ4n) is 3.77. The van der Waals surface area contributed by atoms with E-state index in [1.807, 2.05) is 13.8 Å². The molecule has 2 fully saturated rings. The highest BCUT2D eigenvalue weighted by Crippen LogP contribution is 2.40. The number of hydrogen-bond acceptors (Lipinski definition) is 4. The third-order valence-corrected chi connectivity index (χ3v) is 6.05. The number of aromatic nitrogens is 1. The summed E-state index contributed by atoms with van der Waals surface area (Å²) in [5.41, 5.74) is 1.01. The summed E-state index contributed by atoms with van der Waals surface area (Å²) in [4.78, 5) is 8.30. The van der Waals surface area contributed by atoms with Crippen molar-refractivity contribution in [1.82, 2.24) is 4.98 Å². The maximum atomic E-state index is 9.80. The predicted molar refractivity (Wildman–Crippen MR) is 79.8 cm³/mol. The van der Waals surface area contributed by atoms with Crippen molar-refractivity contribution < 1.29 is 5.11 Å². The Morgan fingerprint density at radius 1 is 1.26 bits per heavy atom. The van der Waals surface area contributed by atoms with E-state index < -0.39 is 6.10 Å². The van der Waals surface area contributed by atoms with Crippen LogP contribution < -0.4 is 4.90 Å². The van der Waals surface area contributed by atoms with Crippen LogP contribution in [0.25, 0.3) is 0 Å². The SMILES string of the molecule is Cc1nc(N2CCC[C@H]3CCCC[C@H]32)sc1C(C)O. The van der Waals surface area contributed by atoms with E-state index in [4.69, 9.17) is 4.98 Å². The minimum Gasteiger partial charge on any atom is -0.388 e. The van der Waals surface area contributed by atoms with Crippen LogP contribution in [-0.2, 0) is 0 Å². The summed E-state index contributed by atoms with van der Waals surface area (Å²) in [6.45, 7) is 5.00. The van der Waals surface area contributed by atoms with Gasteiger partial charge in [0.2, 0.25) is 0 Å². The largest absolute Gasteiger partial charge is 0.388 e. The lowest BCUT2D eigenvalue weighted by Gasteiger charge is -2.44. The molecule has 3 atom stereocenters. The molecule has 3 rings (SSSR count). The Kier molecular flexibility index (Phi) is 3.81. The van der Waals surface area contributed by atoms with E-state index in [9.17, 15) is 5.11 Å². The highest BCUT2D eigenvalue weighted by molar-refractivity contribution is 7.15. The topological polar surface area (TPSA) is 36.4 Å². The van der Waals surface area contributed by atoms with Gasteiger partial charge >= 0.3 is 0 Å². The third kappa shape index (κ3) is 2.52. The van der Waals surface area contributed by atoms with Gasteiger partial charge in [0.15, 0.2) is 5.13 Å². The molecular weight excluding hydrogens is 256 g/mol. The Hall–Kier alpha value is -0.610. The van der Waals surface area contributed by atoms with Crippen molar-refractivity contribution in [2.24, 2.45) is 5.92 Å². The van der Waals surface area contributed by atoms with Crippen LogP contribution >= 0.6 is 11.3 Å². The molecule has 0 bridgehead atoms. The number of thiazole rings is 1. The zero-order valence-corrected chi connectivity index (χ0v) is 12.7. The summed E-state index contributed by atoms with van der Waals surface area (Å²) in [6.07, 6.45) is 7.80. The number of piperidine rings is 1. The quantitative estimate of drug-likeness (QED) is 0.898. The number of hydrogen-bond donors (Lipinski definition) is 1. The van der Waals surface area contributed by atoms with E-state index in [1.165, 1.54) is 38.5 Å². The van der Waals surface area contributed by atoms with Crippen LogP contribution in [0.4, 0.5) is 5.13 Å². The van der Waals surface area contributed by atoms with Gasteiger partial charge in [-0.2, -0.15) is 0 Å². The minimum absolute atomic E-state index is 0.391. The second-order valence-corrected chi connectivity index (χ2v) is 7.08. The van der Waals surface area contributed by atoms with Crippen LogP contribution in [0.1, 0.15) is 62.1 Å². The Labute approximate surface area is 119 Å². The zero-order chi connectivity index (χ0) is 13.4. The summed E-state index contributed by atoms with van der Waals surface area (Å²) < 4.78 is 0. The second-order valence-electron chi connectivity index (χ2n) is 6.07. The van der Waals surface area contributed by atoms with Gasteiger partial charge in [-0.1, -0.05) is 24.2 Å². The Bertz CT molecular complexity index is 441. The van der Waals surface area contributed by atoms with Crippen LogP contribution in [0.15, 0.2) is 0 Å². The molecule has 1 aromatic heterocycles. The first-order valence-electron chi connectivity index (χ1n) is 7.59. The molecule has 0 amide bonds. The number of rotatable bonds is 2. The summed E-state index contributed by atoms with van der Waals surface area (Å²) in [5, 5.41) is 10.9. The molecule has 2 aliphatic rings. The lowest BCUT2D eigenvalue weighted by Crippen LogP contribution is -2.46. The first-order chi connectivity index (χ1) is 9.16. The van der Waals surface area contributed by atoms with E-state index >= 15 is 0 Å². The van der Waals surface area contributed by atoms with Gasteiger partial charge in [-0.3, -0.25) is 0 Å². The second kappa shape index (κ2) is 5.41. The first-order valence-corrected chi connectivity index (χ1v) is 8.40. The van der Waals surface area contributed by atoms with E-state index in [2.05, 4.69) is 4.90 Å². The maximum Gasteiger partial charge on any atom is 0.186 e. The van der Waals surface area contributed by atoms with Crippen molar-refractivity contribution >= 4 is 16.5 Å². The van der Waals surface area contributed by atoms with Gasteiger partial charge < -0.3 is 10.0 Å². The van der Waals surface area contributed by atoms with Gasteiger partial charge in [0.05, 0.1) is 16.7 Å². The fourth-order valence-corrected chi connectivity index (χ4v) is 4.85. The molecule has 1 aliphatic heterocycles. The molecule has 19 heavy (non-hydrogen) atoms. The predicted octanol–water partition coefficient (Wildman–Crippen LogP) is 3.66. The van der Waals surface area contributed by atoms with Crippen molar-refractivity contribution in [3.63, 3.8) is 0 Å². The summed E-state index contributed by atoms with van der Waals surface area (Å²) in [7, 11) is 0. The summed E-state index contributed by atoms with van der Waals surface area (Å²) >= 11 is 1.69. The lowest BCUT2D eigenvalue weighted by atomic mass is 9.78.